The second-order valence-electron chi connectivity index (χ2n) is 14.0. The van der Waals surface area contributed by atoms with Crippen LogP contribution in [-0.4, -0.2) is 75.7 Å². The lowest BCUT2D eigenvalue weighted by Crippen LogP contribution is -2.58. The van der Waals surface area contributed by atoms with Crippen molar-refractivity contribution in [1.82, 2.24) is 24.2 Å². The van der Waals surface area contributed by atoms with E-state index in [0.717, 1.165) is 31.9 Å². The summed E-state index contributed by atoms with van der Waals surface area (Å²) < 4.78 is 30.7. The van der Waals surface area contributed by atoms with Crippen LogP contribution in [0.4, 0.5) is 5.95 Å². The fourth-order valence-electron chi connectivity index (χ4n) is 7.45. The third-order valence-corrected chi connectivity index (χ3v) is 16.5. The maximum Gasteiger partial charge on any atom is 0.259 e. The number of nitriles is 1. The van der Waals surface area contributed by atoms with E-state index < -0.39 is 22.8 Å². The Hall–Kier alpha value is -3.76. The molecule has 3 saturated heterocycles. The van der Waals surface area contributed by atoms with Gasteiger partial charge in [0.1, 0.15) is 20.9 Å². The highest BCUT2D eigenvalue weighted by Gasteiger charge is 2.51. The van der Waals surface area contributed by atoms with Gasteiger partial charge in [-0.2, -0.15) is 15.2 Å². The number of rotatable bonds is 13. The van der Waals surface area contributed by atoms with Crippen LogP contribution < -0.4 is 20.4 Å². The fraction of sp³-hybridized carbons (Fsp3) is 0.486. The zero-order valence-corrected chi connectivity index (χ0v) is 31.5. The van der Waals surface area contributed by atoms with Gasteiger partial charge in [-0.1, -0.05) is 98.4 Å². The Morgan fingerprint density at radius 2 is 1.84 bits per heavy atom. The van der Waals surface area contributed by atoms with Gasteiger partial charge in [-0.25, -0.2) is 9.65 Å². The predicted molar refractivity (Wildman–Crippen MR) is 198 cm³/mol. The van der Waals surface area contributed by atoms with Gasteiger partial charge >= 0.3 is 0 Å². The average molecular weight is 728 g/mol. The van der Waals surface area contributed by atoms with Crippen molar-refractivity contribution < 1.29 is 23.3 Å². The summed E-state index contributed by atoms with van der Waals surface area (Å²) >= 11 is 0. The molecule has 0 radical (unpaired) electrons. The van der Waals surface area contributed by atoms with Crippen LogP contribution >= 0.6 is 8.53 Å². The molecule has 3 aliphatic heterocycles. The van der Waals surface area contributed by atoms with E-state index in [2.05, 4.69) is 105 Å². The normalized spacial score (nSPS) is 24.9. The minimum absolute atomic E-state index is 0.0853. The number of benzene rings is 2. The molecular formula is C37H46N7O5PSi. The number of ether oxygens (including phenoxy) is 2. The molecule has 1 amide bonds. The van der Waals surface area contributed by atoms with Gasteiger partial charge in [0.15, 0.2) is 11.2 Å². The molecule has 2 aromatic heterocycles. The van der Waals surface area contributed by atoms with Crippen LogP contribution in [0, 0.1) is 17.2 Å². The number of carbonyl (C=O) groups is 1. The number of carbonyl (C=O) groups excluding carboxylic acids is 1. The summed E-state index contributed by atoms with van der Waals surface area (Å²) in [6.45, 7) is 9.30. The number of amides is 1. The largest absolute Gasteiger partial charge is 0.475 e. The van der Waals surface area contributed by atoms with Crippen molar-refractivity contribution in [3.05, 3.63) is 67.0 Å². The molecule has 3 fully saturated rings. The third kappa shape index (κ3) is 7.31. The van der Waals surface area contributed by atoms with E-state index >= 15 is 0 Å². The number of fused-ring (bicyclic) bond motifs is 2. The number of nitrogens with one attached hydrogen (secondary N) is 1. The predicted octanol–water partition coefficient (Wildman–Crippen LogP) is 5.78. The van der Waals surface area contributed by atoms with Gasteiger partial charge < -0.3 is 18.5 Å². The lowest BCUT2D eigenvalue weighted by Gasteiger charge is -2.32. The van der Waals surface area contributed by atoms with E-state index in [4.69, 9.17) is 23.8 Å². The SMILES string of the molecule is CC[C@H]1O[C@@H](n2cnc3c(OCCC#N)nc(NC(=O)C(C)C)nc32)C[C@H]1O[P@]1O[C@@H](C[Si](C)(c2ccccc2)c2ccccc2)[C@H]2CCCN21. The molecule has 4 aromatic rings. The maximum atomic E-state index is 12.6. The van der Waals surface area contributed by atoms with E-state index in [1.807, 2.05) is 4.57 Å². The molecule has 7 rings (SSSR count). The van der Waals surface area contributed by atoms with Gasteiger partial charge in [-0.15, -0.1) is 0 Å². The van der Waals surface area contributed by atoms with Crippen molar-refractivity contribution in [1.29, 1.82) is 5.26 Å². The number of hydrogen-bond acceptors (Lipinski definition) is 10. The highest BCUT2D eigenvalue weighted by atomic mass is 31.2. The topological polar surface area (TPSA) is 137 Å². The first kappa shape index (κ1) is 35.6. The van der Waals surface area contributed by atoms with Crippen LogP contribution in [0.2, 0.25) is 12.6 Å². The first-order valence-corrected chi connectivity index (χ1v) is 21.8. The molecule has 14 heteroatoms. The number of aromatic nitrogens is 4. The van der Waals surface area contributed by atoms with E-state index in [-0.39, 0.29) is 55.0 Å². The Bertz CT molecular complexity index is 1820. The standard InChI is InChI=1S/C37H46N7O5PSi/c1-5-29-30(22-32(47-29)43-24-39-33-34(43)40-37(41-35(45)25(2)3)42-36(33)46-21-13-19-38)48-50-44-20-12-18-28(44)31(49-50)23-51(4,26-14-8-6-9-15-26)27-16-10-7-11-17-27/h6-11,14-17,24-25,28-32H,5,12-13,18,20-23H2,1-4H3,(H,40,41,42,45)/t28-,29-,30-,31+,32-,50-/m1/s1. The van der Waals surface area contributed by atoms with Crippen molar-refractivity contribution >= 4 is 50.0 Å². The Labute approximate surface area is 301 Å². The molecule has 2 aromatic carbocycles. The van der Waals surface area contributed by atoms with Gasteiger partial charge in [-0.3, -0.25) is 14.7 Å². The summed E-state index contributed by atoms with van der Waals surface area (Å²) in [5.41, 5.74) is 0.914. The van der Waals surface area contributed by atoms with Gasteiger partial charge in [-0.05, 0) is 25.3 Å². The molecule has 0 saturated carbocycles. The summed E-state index contributed by atoms with van der Waals surface area (Å²) in [5, 5.41) is 14.7. The van der Waals surface area contributed by atoms with Crippen LogP contribution in [0.25, 0.3) is 11.2 Å². The highest BCUT2D eigenvalue weighted by Crippen LogP contribution is 2.59. The summed E-state index contributed by atoms with van der Waals surface area (Å²) in [5.74, 6) is -0.154. The van der Waals surface area contributed by atoms with Gasteiger partial charge in [0, 0.05) is 24.9 Å². The third-order valence-electron chi connectivity index (χ3n) is 10.3. The molecule has 1 N–H and O–H groups in total. The molecule has 51 heavy (non-hydrogen) atoms. The summed E-state index contributed by atoms with van der Waals surface area (Å²) in [7, 11) is -3.40. The van der Waals surface area contributed by atoms with E-state index in [0.29, 0.717) is 23.6 Å². The molecular weight excluding hydrogens is 682 g/mol. The molecule has 3 aliphatic rings. The van der Waals surface area contributed by atoms with Gasteiger partial charge in [0.05, 0.1) is 37.1 Å². The Kier molecular flexibility index (Phi) is 10.8. The maximum absolute atomic E-state index is 12.6. The van der Waals surface area contributed by atoms with Crippen LogP contribution in [0.5, 0.6) is 5.88 Å². The summed E-state index contributed by atoms with van der Waals surface area (Å²) in [4.78, 5) is 26.2. The second kappa shape index (κ2) is 15.5. The minimum Gasteiger partial charge on any atom is -0.475 e. The van der Waals surface area contributed by atoms with Crippen LogP contribution in [0.1, 0.15) is 59.1 Å². The molecule has 0 spiro atoms. The molecule has 268 valence electrons. The fourth-order valence-corrected chi connectivity index (χ4v) is 13.4. The lowest BCUT2D eigenvalue weighted by atomic mass is 10.1. The second-order valence-corrected chi connectivity index (χ2v) is 19.7. The van der Waals surface area contributed by atoms with Crippen LogP contribution in [0.15, 0.2) is 67.0 Å². The van der Waals surface area contributed by atoms with Crippen molar-refractivity contribution in [3.63, 3.8) is 0 Å². The number of nitrogens with zero attached hydrogens (tertiary/aromatic N) is 6. The first-order valence-electron chi connectivity index (χ1n) is 18.0. The molecule has 0 bridgehead atoms. The van der Waals surface area contributed by atoms with Gasteiger partial charge in [0.25, 0.3) is 8.53 Å². The van der Waals surface area contributed by atoms with Crippen LogP contribution in [-0.2, 0) is 18.6 Å². The Morgan fingerprint density at radius 1 is 1.12 bits per heavy atom. The minimum atomic E-state index is -2.13. The van der Waals surface area contributed by atoms with Gasteiger partial charge in [0.2, 0.25) is 17.7 Å². The molecule has 12 nitrogen and oxygen atoms in total. The van der Waals surface area contributed by atoms with Crippen molar-refractivity contribution in [3.8, 4) is 11.9 Å². The zero-order valence-electron chi connectivity index (χ0n) is 29.6. The highest BCUT2D eigenvalue weighted by molar-refractivity contribution is 7.45. The summed E-state index contributed by atoms with van der Waals surface area (Å²) in [6.07, 6.45) is 4.79. The zero-order chi connectivity index (χ0) is 35.5. The molecule has 0 aliphatic carbocycles. The Balaban J connectivity index is 1.11. The quantitative estimate of drug-likeness (QED) is 0.103. The smallest absolute Gasteiger partial charge is 0.259 e. The van der Waals surface area contributed by atoms with Crippen molar-refractivity contribution in [2.45, 2.75) is 96.0 Å². The van der Waals surface area contributed by atoms with Crippen molar-refractivity contribution in [2.75, 3.05) is 18.5 Å². The molecule has 5 heterocycles. The summed E-state index contributed by atoms with van der Waals surface area (Å²) in [6, 6.07) is 25.3. The number of imidazole rings is 1. The first-order chi connectivity index (χ1) is 24.8. The van der Waals surface area contributed by atoms with Crippen LogP contribution in [0.3, 0.4) is 0 Å². The van der Waals surface area contributed by atoms with Crippen molar-refractivity contribution in [2.24, 2.45) is 5.92 Å². The number of hydrogen-bond donors (Lipinski definition) is 1. The molecule has 6 atom stereocenters. The average Bonchev–Trinajstić information content (AvgIpc) is 3.94. The van der Waals surface area contributed by atoms with E-state index in [9.17, 15) is 4.79 Å². The lowest BCUT2D eigenvalue weighted by molar-refractivity contribution is -0.118. The monoisotopic (exact) mass is 727 g/mol. The number of anilines is 1. The van der Waals surface area contributed by atoms with E-state index in [1.54, 1.807) is 20.2 Å². The van der Waals surface area contributed by atoms with E-state index in [1.165, 1.54) is 10.4 Å². The Morgan fingerprint density at radius 3 is 2.51 bits per heavy atom. The molecule has 0 unspecified atom stereocenters.